The molecule has 3 heteroatoms. The molecule has 0 radical (unpaired) electrons. The van der Waals surface area contributed by atoms with Crippen molar-refractivity contribution in [3.8, 4) is 5.75 Å². The van der Waals surface area contributed by atoms with E-state index in [4.69, 9.17) is 8.85 Å². The van der Waals surface area contributed by atoms with E-state index in [1.807, 2.05) is 24.3 Å². The predicted octanol–water partition coefficient (Wildman–Crippen LogP) is 1.35. The van der Waals surface area contributed by atoms with Crippen molar-refractivity contribution in [1.29, 1.82) is 0 Å². The Hall–Kier alpha value is -1.06. The Kier molecular flexibility index (Phi) is 3.57. The number of hydrogen-bond donors (Lipinski definition) is 0. The van der Waals surface area contributed by atoms with Gasteiger partial charge in [0, 0.05) is 7.11 Å². The molecule has 0 fully saturated rings. The van der Waals surface area contributed by atoms with E-state index in [-0.39, 0.29) is 0 Å². The fourth-order valence-electron chi connectivity index (χ4n) is 0.827. The van der Waals surface area contributed by atoms with Gasteiger partial charge in [-0.1, -0.05) is 24.8 Å². The first-order valence-electron chi connectivity index (χ1n) is 3.71. The Bertz CT molecular complexity index is 243. The van der Waals surface area contributed by atoms with Gasteiger partial charge in [0.2, 0.25) is 0 Å². The van der Waals surface area contributed by atoms with Crippen LogP contribution in [0.2, 0.25) is 0 Å². The molecule has 1 aromatic rings. The van der Waals surface area contributed by atoms with Gasteiger partial charge in [-0.25, -0.2) is 0 Å². The minimum absolute atomic E-state index is 0.821. The van der Waals surface area contributed by atoms with Crippen molar-refractivity contribution in [3.05, 3.63) is 36.4 Å². The zero-order chi connectivity index (χ0) is 8.81. The number of hydrogen-bond acceptors (Lipinski definition) is 2. The lowest BCUT2D eigenvalue weighted by molar-refractivity contribution is 0.366. The maximum atomic E-state index is 5.34. The largest absolute Gasteiger partial charge is 0.525 e. The fourth-order valence-corrected chi connectivity index (χ4v) is 1.27. The van der Waals surface area contributed by atoms with Gasteiger partial charge in [0.15, 0.2) is 0 Å². The lowest BCUT2D eigenvalue weighted by Gasteiger charge is -2.03. The summed E-state index contributed by atoms with van der Waals surface area (Å²) in [5.74, 6) is 0.870. The van der Waals surface area contributed by atoms with Crippen molar-refractivity contribution in [1.82, 2.24) is 0 Å². The highest BCUT2D eigenvalue weighted by Crippen LogP contribution is 2.11. The van der Waals surface area contributed by atoms with Crippen LogP contribution in [0.3, 0.4) is 0 Å². The lowest BCUT2D eigenvalue weighted by Crippen LogP contribution is -2.03. The van der Waals surface area contributed by atoms with Crippen molar-refractivity contribution in [2.24, 2.45) is 0 Å². The van der Waals surface area contributed by atoms with Crippen molar-refractivity contribution in [2.45, 2.75) is 0 Å². The van der Waals surface area contributed by atoms with Crippen LogP contribution >= 0.6 is 0 Å². The normalized spacial score (nSPS) is 10.4. The molecule has 0 saturated carbocycles. The van der Waals surface area contributed by atoms with Crippen molar-refractivity contribution >= 4 is 16.1 Å². The molecule has 0 atom stereocenters. The van der Waals surface area contributed by atoms with E-state index in [0.717, 1.165) is 11.3 Å². The third-order valence-electron chi connectivity index (χ3n) is 1.46. The van der Waals surface area contributed by atoms with Crippen LogP contribution in [0.5, 0.6) is 5.75 Å². The van der Waals surface area contributed by atoms with E-state index in [9.17, 15) is 0 Å². The number of benzene rings is 1. The Morgan fingerprint density at radius 2 is 2.00 bits per heavy atom. The average molecular weight is 180 g/mol. The molecule has 0 aliphatic rings. The molecule has 0 amide bonds. The summed E-state index contributed by atoms with van der Waals surface area (Å²) in [5, 5.41) is 0. The first-order chi connectivity index (χ1) is 5.86. The Balaban J connectivity index is 2.58. The molecular weight excluding hydrogens is 168 g/mol. The molecule has 0 aliphatic heterocycles. The van der Waals surface area contributed by atoms with Gasteiger partial charge >= 0.3 is 10.0 Å². The Morgan fingerprint density at radius 1 is 1.33 bits per heavy atom. The molecule has 1 rings (SSSR count). The quantitative estimate of drug-likeness (QED) is 0.651. The van der Waals surface area contributed by atoms with Gasteiger partial charge in [0.25, 0.3) is 0 Å². The van der Waals surface area contributed by atoms with Crippen LogP contribution in [0.15, 0.2) is 30.8 Å². The summed E-state index contributed by atoms with van der Waals surface area (Å²) in [5.41, 5.74) is 1.10. The van der Waals surface area contributed by atoms with Crippen LogP contribution in [0.4, 0.5) is 0 Å². The molecule has 0 unspecified atom stereocenters. The Labute approximate surface area is 74.9 Å². The van der Waals surface area contributed by atoms with Crippen molar-refractivity contribution in [3.63, 3.8) is 0 Å². The summed E-state index contributed by atoms with van der Waals surface area (Å²) >= 11 is 0. The van der Waals surface area contributed by atoms with Crippen LogP contribution in [-0.4, -0.2) is 17.1 Å². The summed E-state index contributed by atoms with van der Waals surface area (Å²) in [6.07, 6.45) is 1.80. The van der Waals surface area contributed by atoms with E-state index < -0.39 is 10.0 Å². The topological polar surface area (TPSA) is 18.5 Å². The van der Waals surface area contributed by atoms with Gasteiger partial charge in [-0.15, -0.1) is 0 Å². The minimum atomic E-state index is -0.821. The molecule has 64 valence electrons. The lowest BCUT2D eigenvalue weighted by atomic mass is 10.2. The van der Waals surface area contributed by atoms with E-state index in [1.54, 1.807) is 13.2 Å². The van der Waals surface area contributed by atoms with Crippen molar-refractivity contribution in [2.75, 3.05) is 7.11 Å². The molecule has 0 aromatic heterocycles. The molecule has 0 N–H and O–H groups in total. The summed E-state index contributed by atoms with van der Waals surface area (Å²) in [7, 11) is 0.836. The van der Waals surface area contributed by atoms with E-state index in [1.165, 1.54) is 0 Å². The second kappa shape index (κ2) is 4.74. The zero-order valence-electron chi connectivity index (χ0n) is 7.12. The predicted molar refractivity (Wildman–Crippen MR) is 52.7 cm³/mol. The highest BCUT2D eigenvalue weighted by Gasteiger charge is 1.91. The van der Waals surface area contributed by atoms with Gasteiger partial charge < -0.3 is 8.85 Å². The minimum Gasteiger partial charge on any atom is -0.525 e. The summed E-state index contributed by atoms with van der Waals surface area (Å²) in [6, 6.07) is 7.77. The van der Waals surface area contributed by atoms with Gasteiger partial charge in [0.05, 0.1) is 0 Å². The maximum Gasteiger partial charge on any atom is 0.365 e. The monoisotopic (exact) mass is 180 g/mol. The zero-order valence-corrected chi connectivity index (χ0v) is 8.53. The molecule has 0 bridgehead atoms. The molecule has 12 heavy (non-hydrogen) atoms. The first-order valence-corrected chi connectivity index (χ1v) is 4.86. The molecule has 0 saturated heterocycles. The van der Waals surface area contributed by atoms with Gasteiger partial charge in [-0.3, -0.25) is 0 Å². The summed E-state index contributed by atoms with van der Waals surface area (Å²) in [4.78, 5) is 0. The molecule has 0 heterocycles. The van der Waals surface area contributed by atoms with E-state index in [0.29, 0.717) is 0 Å². The standard InChI is InChI=1S/C9H12O2Si/c1-3-8-4-6-9(7-5-8)11-12-10-2/h3-7H,1,12H2,2H3. The SMILES string of the molecule is C=Cc1ccc(O[SiH2]OC)cc1. The Morgan fingerprint density at radius 3 is 2.50 bits per heavy atom. The first kappa shape index (κ1) is 9.03. The fraction of sp³-hybridized carbons (Fsp3) is 0.111. The molecular formula is C9H12O2Si. The van der Waals surface area contributed by atoms with Crippen LogP contribution in [-0.2, 0) is 4.43 Å². The third-order valence-corrected chi connectivity index (χ3v) is 2.15. The highest BCUT2D eigenvalue weighted by atomic mass is 28.3. The van der Waals surface area contributed by atoms with Crippen LogP contribution in [0.25, 0.3) is 6.08 Å². The van der Waals surface area contributed by atoms with Crippen LogP contribution in [0, 0.1) is 0 Å². The molecule has 2 nitrogen and oxygen atoms in total. The van der Waals surface area contributed by atoms with Crippen molar-refractivity contribution < 1.29 is 8.85 Å². The number of rotatable bonds is 4. The van der Waals surface area contributed by atoms with Crippen LogP contribution in [0.1, 0.15) is 5.56 Å². The molecule has 0 spiro atoms. The smallest absolute Gasteiger partial charge is 0.365 e. The van der Waals surface area contributed by atoms with E-state index >= 15 is 0 Å². The van der Waals surface area contributed by atoms with Gasteiger partial charge in [-0.2, -0.15) is 0 Å². The molecule has 0 aliphatic carbocycles. The van der Waals surface area contributed by atoms with Gasteiger partial charge in [-0.05, 0) is 17.7 Å². The summed E-state index contributed by atoms with van der Waals surface area (Å²) < 4.78 is 10.2. The van der Waals surface area contributed by atoms with Gasteiger partial charge in [0.1, 0.15) is 5.75 Å². The molecule has 1 aromatic carbocycles. The van der Waals surface area contributed by atoms with Crippen LogP contribution < -0.4 is 4.43 Å². The van der Waals surface area contributed by atoms with E-state index in [2.05, 4.69) is 6.58 Å². The maximum absolute atomic E-state index is 5.34. The second-order valence-corrected chi connectivity index (χ2v) is 3.43. The average Bonchev–Trinajstić information content (AvgIpc) is 2.15. The second-order valence-electron chi connectivity index (χ2n) is 2.32. The summed E-state index contributed by atoms with van der Waals surface area (Å²) in [6.45, 7) is 3.67. The third kappa shape index (κ3) is 2.52. The highest BCUT2D eigenvalue weighted by molar-refractivity contribution is 6.19.